The maximum Gasteiger partial charge on any atom is 0.164 e. The highest BCUT2D eigenvalue weighted by atomic mass is 35.5. The molecule has 0 fully saturated rings. The molecule has 0 unspecified atom stereocenters. The van der Waals surface area contributed by atoms with Gasteiger partial charge in [0.05, 0.1) is 10.7 Å². The molecule has 0 saturated carbocycles. The van der Waals surface area contributed by atoms with Gasteiger partial charge in [-0.25, -0.2) is 4.39 Å². The number of hydrogen-bond donors (Lipinski definition) is 1. The second kappa shape index (κ2) is 3.28. The van der Waals surface area contributed by atoms with E-state index in [2.05, 4.69) is 5.32 Å². The Kier molecular flexibility index (Phi) is 2.58. The Hall–Kier alpha value is -0.470. The van der Waals surface area contributed by atoms with Crippen LogP contribution in [0, 0.1) is 5.82 Å². The van der Waals surface area contributed by atoms with E-state index in [1.165, 1.54) is 12.1 Å². The van der Waals surface area contributed by atoms with E-state index in [-0.39, 0.29) is 5.02 Å². The van der Waals surface area contributed by atoms with Crippen LogP contribution in [0.1, 0.15) is 0 Å². The molecule has 0 amide bonds. The third-order valence-corrected chi connectivity index (χ3v) is 1.76. The zero-order valence-electron chi connectivity index (χ0n) is 5.79. The van der Waals surface area contributed by atoms with Gasteiger partial charge in [0.1, 0.15) is 0 Å². The van der Waals surface area contributed by atoms with Crippen LogP contribution in [0.2, 0.25) is 10.0 Å². The second-order valence-corrected chi connectivity index (χ2v) is 2.84. The van der Waals surface area contributed by atoms with E-state index in [1.807, 2.05) is 0 Å². The van der Waals surface area contributed by atoms with Crippen molar-refractivity contribution in [3.05, 3.63) is 28.0 Å². The minimum absolute atomic E-state index is 0.0295. The van der Waals surface area contributed by atoms with Gasteiger partial charge in [-0.1, -0.05) is 23.2 Å². The summed E-state index contributed by atoms with van der Waals surface area (Å²) in [5.41, 5.74) is 0.308. The number of nitrogens with one attached hydrogen (secondary N) is 1. The number of halogens is 3. The van der Waals surface area contributed by atoms with E-state index < -0.39 is 5.82 Å². The first-order chi connectivity index (χ1) is 5.15. The fraction of sp³-hybridized carbons (Fsp3) is 0.143. The Morgan fingerprint density at radius 1 is 1.36 bits per heavy atom. The van der Waals surface area contributed by atoms with Gasteiger partial charge in [-0.15, -0.1) is 0 Å². The fourth-order valence-corrected chi connectivity index (χ4v) is 1.23. The molecule has 0 aliphatic carbocycles. The van der Waals surface area contributed by atoms with Gasteiger partial charge in [-0.3, -0.25) is 0 Å². The Balaban J connectivity index is 3.24. The zero-order valence-corrected chi connectivity index (χ0v) is 7.30. The average molecular weight is 194 g/mol. The molecule has 0 bridgehead atoms. The van der Waals surface area contributed by atoms with Crippen molar-refractivity contribution in [2.24, 2.45) is 0 Å². The van der Waals surface area contributed by atoms with Crippen molar-refractivity contribution >= 4 is 28.9 Å². The highest BCUT2D eigenvalue weighted by Crippen LogP contribution is 2.26. The topological polar surface area (TPSA) is 12.0 Å². The Labute approximate surface area is 74.1 Å². The molecule has 1 N–H and O–H groups in total. The predicted octanol–water partition coefficient (Wildman–Crippen LogP) is 3.17. The lowest BCUT2D eigenvalue weighted by molar-refractivity contribution is 0.632. The number of rotatable bonds is 1. The molecule has 0 heterocycles. The van der Waals surface area contributed by atoms with Crippen LogP contribution in [-0.2, 0) is 0 Å². The summed E-state index contributed by atoms with van der Waals surface area (Å²) in [6.45, 7) is 0. The molecule has 0 aromatic heterocycles. The molecule has 0 atom stereocenters. The highest BCUT2D eigenvalue weighted by molar-refractivity contribution is 6.35. The first-order valence-electron chi connectivity index (χ1n) is 2.97. The van der Waals surface area contributed by atoms with E-state index in [0.717, 1.165) is 0 Å². The van der Waals surface area contributed by atoms with Crippen LogP contribution in [0.15, 0.2) is 12.1 Å². The number of benzene rings is 1. The minimum Gasteiger partial charge on any atom is -0.386 e. The van der Waals surface area contributed by atoms with Gasteiger partial charge < -0.3 is 5.32 Å². The predicted molar refractivity (Wildman–Crippen MR) is 46.0 cm³/mol. The molecule has 0 spiro atoms. The third-order valence-electron chi connectivity index (χ3n) is 1.26. The maximum absolute atomic E-state index is 12.9. The summed E-state index contributed by atoms with van der Waals surface area (Å²) < 4.78 is 12.9. The van der Waals surface area contributed by atoms with Crippen LogP contribution >= 0.6 is 23.2 Å². The number of anilines is 1. The van der Waals surface area contributed by atoms with Gasteiger partial charge in [0.25, 0.3) is 0 Å². The zero-order chi connectivity index (χ0) is 8.43. The van der Waals surface area contributed by atoms with Gasteiger partial charge in [0.15, 0.2) is 5.82 Å². The number of hydrogen-bond acceptors (Lipinski definition) is 1. The first kappa shape index (κ1) is 8.62. The molecule has 1 aromatic rings. The van der Waals surface area contributed by atoms with Crippen molar-refractivity contribution in [3.8, 4) is 0 Å². The van der Waals surface area contributed by atoms with Crippen LogP contribution in [0.25, 0.3) is 0 Å². The van der Waals surface area contributed by atoms with E-state index in [4.69, 9.17) is 23.2 Å². The summed E-state index contributed by atoms with van der Waals surface area (Å²) in [5.74, 6) is -0.474. The molecule has 1 rings (SSSR count). The Morgan fingerprint density at radius 2 is 2.00 bits per heavy atom. The third kappa shape index (κ3) is 1.76. The minimum atomic E-state index is -0.474. The average Bonchev–Trinajstić information content (AvgIpc) is 1.96. The van der Waals surface area contributed by atoms with Crippen LogP contribution in [0.5, 0.6) is 0 Å². The molecular formula is C7H6Cl2FN. The molecule has 60 valence electrons. The van der Waals surface area contributed by atoms with Crippen LogP contribution in [-0.4, -0.2) is 7.05 Å². The van der Waals surface area contributed by atoms with Gasteiger partial charge in [0, 0.05) is 12.1 Å². The van der Waals surface area contributed by atoms with Crippen molar-refractivity contribution in [1.29, 1.82) is 0 Å². The van der Waals surface area contributed by atoms with Crippen molar-refractivity contribution in [1.82, 2.24) is 0 Å². The molecule has 1 nitrogen and oxygen atoms in total. The Bertz CT molecular complexity index is 275. The molecule has 0 saturated heterocycles. The summed E-state index contributed by atoms with van der Waals surface area (Å²) in [5, 5.41) is 3.08. The van der Waals surface area contributed by atoms with Crippen molar-refractivity contribution in [2.45, 2.75) is 0 Å². The van der Waals surface area contributed by atoms with Gasteiger partial charge >= 0.3 is 0 Å². The highest BCUT2D eigenvalue weighted by Gasteiger charge is 2.06. The van der Waals surface area contributed by atoms with Gasteiger partial charge in [-0.2, -0.15) is 0 Å². The molecule has 0 radical (unpaired) electrons. The summed E-state index contributed by atoms with van der Waals surface area (Å²) in [6.07, 6.45) is 0. The fourth-order valence-electron chi connectivity index (χ4n) is 0.738. The van der Waals surface area contributed by atoms with E-state index >= 15 is 0 Å². The lowest BCUT2D eigenvalue weighted by Crippen LogP contribution is -1.92. The normalized spacial score (nSPS) is 9.82. The lowest BCUT2D eigenvalue weighted by atomic mass is 10.3. The summed E-state index contributed by atoms with van der Waals surface area (Å²) in [6, 6.07) is 2.84. The maximum atomic E-state index is 12.9. The summed E-state index contributed by atoms with van der Waals surface area (Å²) in [7, 11) is 1.60. The quantitative estimate of drug-likeness (QED) is 0.677. The monoisotopic (exact) mass is 193 g/mol. The molecule has 11 heavy (non-hydrogen) atoms. The SMILES string of the molecule is CNc1cc(Cl)cc(Cl)c1F. The van der Waals surface area contributed by atoms with E-state index in [1.54, 1.807) is 7.05 Å². The van der Waals surface area contributed by atoms with Crippen LogP contribution in [0.3, 0.4) is 0 Å². The van der Waals surface area contributed by atoms with Crippen molar-refractivity contribution in [3.63, 3.8) is 0 Å². The molecule has 4 heteroatoms. The van der Waals surface area contributed by atoms with Crippen LogP contribution in [0.4, 0.5) is 10.1 Å². The lowest BCUT2D eigenvalue weighted by Gasteiger charge is -2.03. The molecule has 1 aromatic carbocycles. The standard InChI is InChI=1S/C7H6Cl2FN/c1-11-6-3-4(8)2-5(9)7(6)10/h2-3,11H,1H3. The Morgan fingerprint density at radius 3 is 2.55 bits per heavy atom. The molecule has 0 aliphatic heterocycles. The van der Waals surface area contributed by atoms with Gasteiger partial charge in [-0.05, 0) is 12.1 Å². The summed E-state index contributed by atoms with van der Waals surface area (Å²) in [4.78, 5) is 0. The van der Waals surface area contributed by atoms with E-state index in [9.17, 15) is 4.39 Å². The first-order valence-corrected chi connectivity index (χ1v) is 3.73. The molecule has 0 aliphatic rings. The second-order valence-electron chi connectivity index (χ2n) is 2.00. The van der Waals surface area contributed by atoms with Crippen LogP contribution < -0.4 is 5.32 Å². The largest absolute Gasteiger partial charge is 0.386 e. The summed E-state index contributed by atoms with van der Waals surface area (Å²) >= 11 is 11.1. The van der Waals surface area contributed by atoms with Crippen molar-refractivity contribution in [2.75, 3.05) is 12.4 Å². The van der Waals surface area contributed by atoms with Crippen molar-refractivity contribution < 1.29 is 4.39 Å². The molecular weight excluding hydrogens is 188 g/mol. The van der Waals surface area contributed by atoms with Gasteiger partial charge in [0.2, 0.25) is 0 Å². The van der Waals surface area contributed by atoms with E-state index in [0.29, 0.717) is 10.7 Å². The smallest absolute Gasteiger partial charge is 0.164 e.